The Morgan fingerprint density at radius 1 is 1.56 bits per heavy atom. The van der Waals surface area contributed by atoms with Crippen LogP contribution in [-0.4, -0.2) is 35.8 Å². The van der Waals surface area contributed by atoms with E-state index in [4.69, 9.17) is 16.3 Å². The van der Waals surface area contributed by atoms with Crippen LogP contribution in [0.3, 0.4) is 0 Å². The highest BCUT2D eigenvalue weighted by atomic mass is 35.5. The van der Waals surface area contributed by atoms with Crippen molar-refractivity contribution in [1.29, 1.82) is 0 Å². The first-order chi connectivity index (χ1) is 7.66. The fourth-order valence-corrected chi connectivity index (χ4v) is 2.09. The van der Waals surface area contributed by atoms with Gasteiger partial charge in [-0.3, -0.25) is 4.90 Å². The molecular formula is C12H16ClNO2. The Labute approximate surface area is 101 Å². The van der Waals surface area contributed by atoms with Gasteiger partial charge < -0.3 is 9.84 Å². The lowest BCUT2D eigenvalue weighted by atomic mass is 10.1. The van der Waals surface area contributed by atoms with Gasteiger partial charge in [-0.25, -0.2) is 0 Å². The SMILES string of the molecule is CC1COCCN1Cc1cc(Cl)ccc1O. The molecule has 0 amide bonds. The Morgan fingerprint density at radius 2 is 2.38 bits per heavy atom. The Kier molecular flexibility index (Phi) is 3.69. The maximum Gasteiger partial charge on any atom is 0.120 e. The third-order valence-corrected chi connectivity index (χ3v) is 3.16. The van der Waals surface area contributed by atoms with Crippen LogP contribution < -0.4 is 0 Å². The van der Waals surface area contributed by atoms with Gasteiger partial charge in [0.25, 0.3) is 0 Å². The molecule has 3 nitrogen and oxygen atoms in total. The highest BCUT2D eigenvalue weighted by molar-refractivity contribution is 6.30. The normalized spacial score (nSPS) is 22.2. The molecule has 1 aliphatic heterocycles. The van der Waals surface area contributed by atoms with E-state index in [0.29, 0.717) is 16.8 Å². The van der Waals surface area contributed by atoms with Crippen LogP contribution in [0.4, 0.5) is 0 Å². The number of morpholine rings is 1. The van der Waals surface area contributed by atoms with Gasteiger partial charge in [0.1, 0.15) is 5.75 Å². The lowest BCUT2D eigenvalue weighted by molar-refractivity contribution is -0.00463. The summed E-state index contributed by atoms with van der Waals surface area (Å²) in [4.78, 5) is 2.29. The topological polar surface area (TPSA) is 32.7 Å². The Hall–Kier alpha value is -0.770. The number of nitrogens with zero attached hydrogens (tertiary/aromatic N) is 1. The molecule has 1 aromatic carbocycles. The summed E-state index contributed by atoms with van der Waals surface area (Å²) in [7, 11) is 0. The van der Waals surface area contributed by atoms with Crippen LogP contribution >= 0.6 is 11.6 Å². The number of rotatable bonds is 2. The molecule has 0 aliphatic carbocycles. The van der Waals surface area contributed by atoms with E-state index in [9.17, 15) is 5.11 Å². The molecule has 0 bridgehead atoms. The monoisotopic (exact) mass is 241 g/mol. The Balaban J connectivity index is 2.10. The maximum atomic E-state index is 9.74. The number of ether oxygens (including phenoxy) is 1. The second kappa shape index (κ2) is 5.04. The van der Waals surface area contributed by atoms with Gasteiger partial charge in [0.2, 0.25) is 0 Å². The van der Waals surface area contributed by atoms with Gasteiger partial charge in [0.15, 0.2) is 0 Å². The van der Waals surface area contributed by atoms with Crippen molar-refractivity contribution in [2.75, 3.05) is 19.8 Å². The van der Waals surface area contributed by atoms with E-state index in [2.05, 4.69) is 11.8 Å². The van der Waals surface area contributed by atoms with Crippen molar-refractivity contribution in [3.05, 3.63) is 28.8 Å². The summed E-state index contributed by atoms with van der Waals surface area (Å²) in [6, 6.07) is 5.54. The lowest BCUT2D eigenvalue weighted by Crippen LogP contribution is -2.42. The van der Waals surface area contributed by atoms with Gasteiger partial charge in [0.05, 0.1) is 13.2 Å². The molecule has 1 saturated heterocycles. The summed E-state index contributed by atoms with van der Waals surface area (Å²) in [5, 5.41) is 10.4. The van der Waals surface area contributed by atoms with Crippen molar-refractivity contribution < 1.29 is 9.84 Å². The quantitative estimate of drug-likeness (QED) is 0.862. The Morgan fingerprint density at radius 3 is 3.12 bits per heavy atom. The average molecular weight is 242 g/mol. The van der Waals surface area contributed by atoms with E-state index in [1.807, 2.05) is 6.07 Å². The van der Waals surface area contributed by atoms with Gasteiger partial charge in [0, 0.05) is 29.7 Å². The van der Waals surface area contributed by atoms with Crippen molar-refractivity contribution in [2.24, 2.45) is 0 Å². The van der Waals surface area contributed by atoms with Crippen LogP contribution in [0.25, 0.3) is 0 Å². The second-order valence-electron chi connectivity index (χ2n) is 4.17. The molecular weight excluding hydrogens is 226 g/mol. The summed E-state index contributed by atoms with van der Waals surface area (Å²) in [5.74, 6) is 0.308. The lowest BCUT2D eigenvalue weighted by Gasteiger charge is -2.33. The Bertz CT molecular complexity index is 370. The molecule has 0 radical (unpaired) electrons. The highest BCUT2D eigenvalue weighted by Crippen LogP contribution is 2.24. The molecule has 1 fully saturated rings. The van der Waals surface area contributed by atoms with Crippen LogP contribution in [0.1, 0.15) is 12.5 Å². The number of phenols is 1. The molecule has 2 rings (SSSR count). The zero-order valence-corrected chi connectivity index (χ0v) is 10.1. The van der Waals surface area contributed by atoms with Gasteiger partial charge in [-0.05, 0) is 25.1 Å². The summed E-state index contributed by atoms with van der Waals surface area (Å²) in [6.07, 6.45) is 0. The fourth-order valence-electron chi connectivity index (χ4n) is 1.90. The summed E-state index contributed by atoms with van der Waals surface area (Å²) in [6.45, 7) is 5.25. The van der Waals surface area contributed by atoms with E-state index in [1.165, 1.54) is 0 Å². The number of hydrogen-bond acceptors (Lipinski definition) is 3. The molecule has 0 saturated carbocycles. The highest BCUT2D eigenvalue weighted by Gasteiger charge is 2.19. The van der Waals surface area contributed by atoms with Gasteiger partial charge in [-0.1, -0.05) is 11.6 Å². The number of hydrogen-bond donors (Lipinski definition) is 1. The molecule has 1 aromatic rings. The van der Waals surface area contributed by atoms with Crippen LogP contribution in [0.15, 0.2) is 18.2 Å². The van der Waals surface area contributed by atoms with E-state index in [1.54, 1.807) is 12.1 Å². The van der Waals surface area contributed by atoms with Crippen LogP contribution in [0.5, 0.6) is 5.75 Å². The smallest absolute Gasteiger partial charge is 0.120 e. The molecule has 16 heavy (non-hydrogen) atoms. The van der Waals surface area contributed by atoms with E-state index >= 15 is 0 Å². The fraction of sp³-hybridized carbons (Fsp3) is 0.500. The van der Waals surface area contributed by atoms with Crippen molar-refractivity contribution in [3.8, 4) is 5.75 Å². The first kappa shape index (κ1) is 11.7. The molecule has 1 heterocycles. The maximum absolute atomic E-state index is 9.74. The minimum Gasteiger partial charge on any atom is -0.508 e. The third kappa shape index (κ3) is 2.67. The van der Waals surface area contributed by atoms with Gasteiger partial charge >= 0.3 is 0 Å². The molecule has 1 atom stereocenters. The number of aromatic hydroxyl groups is 1. The van der Waals surface area contributed by atoms with Crippen LogP contribution in [0, 0.1) is 0 Å². The van der Waals surface area contributed by atoms with Crippen molar-refractivity contribution in [3.63, 3.8) is 0 Å². The molecule has 0 aromatic heterocycles. The summed E-state index contributed by atoms with van der Waals surface area (Å²) in [5.41, 5.74) is 0.876. The van der Waals surface area contributed by atoms with Crippen LogP contribution in [-0.2, 0) is 11.3 Å². The van der Waals surface area contributed by atoms with E-state index in [0.717, 1.165) is 31.9 Å². The van der Waals surface area contributed by atoms with E-state index < -0.39 is 0 Å². The summed E-state index contributed by atoms with van der Waals surface area (Å²) >= 11 is 5.92. The standard InChI is InChI=1S/C12H16ClNO2/c1-9-8-16-5-4-14(9)7-10-6-11(13)2-3-12(10)15/h2-3,6,9,15H,4-5,7-8H2,1H3. The molecule has 4 heteroatoms. The zero-order chi connectivity index (χ0) is 11.5. The minimum absolute atomic E-state index is 0.308. The van der Waals surface area contributed by atoms with Crippen molar-refractivity contribution in [1.82, 2.24) is 4.90 Å². The zero-order valence-electron chi connectivity index (χ0n) is 9.32. The van der Waals surface area contributed by atoms with Gasteiger partial charge in [-0.2, -0.15) is 0 Å². The molecule has 1 aliphatic rings. The second-order valence-corrected chi connectivity index (χ2v) is 4.60. The predicted octanol–water partition coefficient (Wildman–Crippen LogP) is 2.27. The van der Waals surface area contributed by atoms with Gasteiger partial charge in [-0.15, -0.1) is 0 Å². The number of halogens is 1. The van der Waals surface area contributed by atoms with Crippen molar-refractivity contribution >= 4 is 11.6 Å². The first-order valence-corrected chi connectivity index (χ1v) is 5.84. The molecule has 0 spiro atoms. The van der Waals surface area contributed by atoms with Crippen molar-refractivity contribution in [2.45, 2.75) is 19.5 Å². The predicted molar refractivity (Wildman–Crippen MR) is 63.8 cm³/mol. The largest absolute Gasteiger partial charge is 0.508 e. The molecule has 88 valence electrons. The van der Waals surface area contributed by atoms with Crippen LogP contribution in [0.2, 0.25) is 5.02 Å². The summed E-state index contributed by atoms with van der Waals surface area (Å²) < 4.78 is 5.37. The number of phenolic OH excluding ortho intramolecular Hbond substituents is 1. The molecule has 1 unspecified atom stereocenters. The van der Waals surface area contributed by atoms with E-state index in [-0.39, 0.29) is 0 Å². The number of benzene rings is 1. The minimum atomic E-state index is 0.308. The third-order valence-electron chi connectivity index (χ3n) is 2.92. The first-order valence-electron chi connectivity index (χ1n) is 5.46. The average Bonchev–Trinajstić information content (AvgIpc) is 2.27. The molecule has 1 N–H and O–H groups in total.